The van der Waals surface area contributed by atoms with Crippen molar-refractivity contribution in [2.75, 3.05) is 7.11 Å². The number of benzene rings is 1. The van der Waals surface area contributed by atoms with Gasteiger partial charge in [-0.3, -0.25) is 0 Å². The number of nitrogens with one attached hydrogen (secondary N) is 2. The van der Waals surface area contributed by atoms with Crippen LogP contribution in [0.3, 0.4) is 0 Å². The van der Waals surface area contributed by atoms with Gasteiger partial charge in [-0.1, -0.05) is 37.3 Å². The van der Waals surface area contributed by atoms with Gasteiger partial charge in [-0.25, -0.2) is 9.59 Å². The smallest absolute Gasteiger partial charge is 0.328 e. The third-order valence-electron chi connectivity index (χ3n) is 4.42. The summed E-state index contributed by atoms with van der Waals surface area (Å²) in [4.78, 5) is 24.1. The first-order valence-electron chi connectivity index (χ1n) is 8.27. The Kier molecular flexibility index (Phi) is 6.44. The fourth-order valence-electron chi connectivity index (χ4n) is 2.98. The Morgan fingerprint density at radius 3 is 2.43 bits per heavy atom. The van der Waals surface area contributed by atoms with Crippen molar-refractivity contribution >= 4 is 12.0 Å². The van der Waals surface area contributed by atoms with Gasteiger partial charge in [0, 0.05) is 12.5 Å². The van der Waals surface area contributed by atoms with Crippen LogP contribution in [0, 0.1) is 5.92 Å². The topological polar surface area (TPSA) is 67.4 Å². The van der Waals surface area contributed by atoms with E-state index in [2.05, 4.69) is 17.6 Å². The molecule has 1 aliphatic carbocycles. The Labute approximate surface area is 137 Å². The number of amides is 2. The summed E-state index contributed by atoms with van der Waals surface area (Å²) in [7, 11) is 1.34. The quantitative estimate of drug-likeness (QED) is 0.820. The van der Waals surface area contributed by atoms with E-state index in [1.807, 2.05) is 30.3 Å². The minimum atomic E-state index is -0.676. The normalized spacial score (nSPS) is 22.0. The molecule has 0 unspecified atom stereocenters. The Bertz CT molecular complexity index is 510. The van der Waals surface area contributed by atoms with E-state index in [9.17, 15) is 9.59 Å². The van der Waals surface area contributed by atoms with Crippen LogP contribution in [0.1, 0.15) is 38.2 Å². The minimum Gasteiger partial charge on any atom is -0.467 e. The third kappa shape index (κ3) is 5.58. The van der Waals surface area contributed by atoms with Gasteiger partial charge >= 0.3 is 12.0 Å². The zero-order valence-corrected chi connectivity index (χ0v) is 13.9. The van der Waals surface area contributed by atoms with E-state index in [4.69, 9.17) is 4.74 Å². The number of carbonyl (C=O) groups excluding carboxylic acids is 2. The summed E-state index contributed by atoms with van der Waals surface area (Å²) in [6.07, 6.45) is 4.68. The Morgan fingerprint density at radius 2 is 1.83 bits per heavy atom. The summed E-state index contributed by atoms with van der Waals surface area (Å²) in [5.74, 6) is 0.304. The molecule has 2 N–H and O–H groups in total. The molecule has 2 amide bonds. The lowest BCUT2D eigenvalue weighted by molar-refractivity contribution is -0.142. The van der Waals surface area contributed by atoms with E-state index in [1.165, 1.54) is 7.11 Å². The molecule has 1 saturated carbocycles. The number of methoxy groups -OCH3 is 1. The zero-order valence-electron chi connectivity index (χ0n) is 13.9. The number of hydrogen-bond donors (Lipinski definition) is 2. The fraction of sp³-hybridized carbons (Fsp3) is 0.556. The maximum absolute atomic E-state index is 12.2. The number of ether oxygens (including phenoxy) is 1. The van der Waals surface area contributed by atoms with Crippen LogP contribution in [0.2, 0.25) is 0 Å². The molecule has 5 nitrogen and oxygen atoms in total. The Balaban J connectivity index is 1.89. The van der Waals surface area contributed by atoms with Crippen LogP contribution >= 0.6 is 0 Å². The standard InChI is InChI=1S/C18H26N2O3/c1-13-8-10-15(11-9-13)19-18(22)20-16(17(21)23-2)12-14-6-4-3-5-7-14/h3-7,13,15-16H,8-12H2,1-2H3,(H2,19,20,22)/t13?,15?,16-/m0/s1. The predicted octanol–water partition coefficient (Wildman–Crippen LogP) is 2.65. The highest BCUT2D eigenvalue weighted by Gasteiger charge is 2.24. The summed E-state index contributed by atoms with van der Waals surface area (Å²) < 4.78 is 4.81. The average Bonchev–Trinajstić information content (AvgIpc) is 2.56. The molecule has 1 aromatic carbocycles. The monoisotopic (exact) mass is 318 g/mol. The molecule has 1 aromatic rings. The van der Waals surface area contributed by atoms with Gasteiger partial charge in [0.2, 0.25) is 0 Å². The molecule has 1 fully saturated rings. The highest BCUT2D eigenvalue weighted by Crippen LogP contribution is 2.23. The molecule has 0 spiro atoms. The SMILES string of the molecule is COC(=O)[C@H](Cc1ccccc1)NC(=O)NC1CCC(C)CC1. The van der Waals surface area contributed by atoms with Gasteiger partial charge in [-0.2, -0.15) is 0 Å². The number of esters is 1. The second kappa shape index (κ2) is 8.56. The van der Waals surface area contributed by atoms with Gasteiger partial charge < -0.3 is 15.4 Å². The van der Waals surface area contributed by atoms with Crippen LogP contribution in [-0.2, 0) is 16.0 Å². The molecular weight excluding hydrogens is 292 g/mol. The molecule has 0 heterocycles. The second-order valence-electron chi connectivity index (χ2n) is 6.34. The van der Waals surface area contributed by atoms with Crippen molar-refractivity contribution in [1.29, 1.82) is 0 Å². The van der Waals surface area contributed by atoms with Gasteiger partial charge in [-0.15, -0.1) is 0 Å². The molecule has 0 saturated heterocycles. The molecule has 0 aliphatic heterocycles. The van der Waals surface area contributed by atoms with Crippen LogP contribution in [0.4, 0.5) is 4.79 Å². The summed E-state index contributed by atoms with van der Waals surface area (Å²) in [6.45, 7) is 2.24. The first kappa shape index (κ1) is 17.3. The molecule has 23 heavy (non-hydrogen) atoms. The van der Waals surface area contributed by atoms with Gasteiger partial charge in [0.05, 0.1) is 7.11 Å². The van der Waals surface area contributed by atoms with Gasteiger partial charge in [0.1, 0.15) is 6.04 Å². The molecule has 2 rings (SSSR count). The lowest BCUT2D eigenvalue weighted by atomic mass is 9.87. The summed E-state index contributed by atoms with van der Waals surface area (Å²) in [5, 5.41) is 5.73. The Morgan fingerprint density at radius 1 is 1.17 bits per heavy atom. The molecule has 0 aromatic heterocycles. The summed E-state index contributed by atoms with van der Waals surface area (Å²) in [6, 6.07) is 8.82. The van der Waals surface area contributed by atoms with Crippen molar-refractivity contribution in [2.45, 2.75) is 51.1 Å². The minimum absolute atomic E-state index is 0.196. The maximum atomic E-state index is 12.2. The van der Waals surface area contributed by atoms with Crippen molar-refractivity contribution in [3.8, 4) is 0 Å². The lowest BCUT2D eigenvalue weighted by Crippen LogP contribution is -2.50. The van der Waals surface area contributed by atoms with Crippen LogP contribution in [0.15, 0.2) is 30.3 Å². The van der Waals surface area contributed by atoms with E-state index >= 15 is 0 Å². The lowest BCUT2D eigenvalue weighted by Gasteiger charge is -2.27. The van der Waals surface area contributed by atoms with Crippen LogP contribution in [-0.4, -0.2) is 31.2 Å². The highest BCUT2D eigenvalue weighted by atomic mass is 16.5. The summed E-state index contributed by atoms with van der Waals surface area (Å²) in [5.41, 5.74) is 0.981. The van der Waals surface area contributed by atoms with Gasteiger partial charge in [-0.05, 0) is 37.2 Å². The number of rotatable bonds is 5. The molecule has 0 radical (unpaired) electrons. The molecule has 5 heteroatoms. The van der Waals surface area contributed by atoms with Crippen molar-refractivity contribution in [3.05, 3.63) is 35.9 Å². The fourth-order valence-corrected chi connectivity index (χ4v) is 2.98. The van der Waals surface area contributed by atoms with E-state index < -0.39 is 12.0 Å². The van der Waals surface area contributed by atoms with Gasteiger partial charge in [0.15, 0.2) is 0 Å². The van der Waals surface area contributed by atoms with E-state index in [0.29, 0.717) is 6.42 Å². The highest BCUT2D eigenvalue weighted by molar-refractivity contribution is 5.83. The summed E-state index contributed by atoms with van der Waals surface area (Å²) >= 11 is 0. The van der Waals surface area contributed by atoms with Crippen molar-refractivity contribution in [3.63, 3.8) is 0 Å². The van der Waals surface area contributed by atoms with Crippen LogP contribution in [0.25, 0.3) is 0 Å². The van der Waals surface area contributed by atoms with E-state index in [1.54, 1.807) is 0 Å². The molecule has 1 aliphatic rings. The molecule has 126 valence electrons. The van der Waals surface area contributed by atoms with Crippen molar-refractivity contribution in [1.82, 2.24) is 10.6 Å². The molecule has 1 atom stereocenters. The van der Waals surface area contributed by atoms with E-state index in [0.717, 1.165) is 37.2 Å². The average molecular weight is 318 g/mol. The first-order valence-corrected chi connectivity index (χ1v) is 8.27. The zero-order chi connectivity index (χ0) is 16.7. The number of hydrogen-bond acceptors (Lipinski definition) is 3. The predicted molar refractivity (Wildman–Crippen MR) is 89.0 cm³/mol. The largest absolute Gasteiger partial charge is 0.467 e. The second-order valence-corrected chi connectivity index (χ2v) is 6.34. The van der Waals surface area contributed by atoms with Crippen molar-refractivity contribution in [2.24, 2.45) is 5.92 Å². The van der Waals surface area contributed by atoms with Gasteiger partial charge in [0.25, 0.3) is 0 Å². The molecule has 0 bridgehead atoms. The molecular formula is C18H26N2O3. The van der Waals surface area contributed by atoms with Crippen LogP contribution < -0.4 is 10.6 Å². The first-order chi connectivity index (χ1) is 11.1. The third-order valence-corrected chi connectivity index (χ3v) is 4.42. The van der Waals surface area contributed by atoms with Crippen molar-refractivity contribution < 1.29 is 14.3 Å². The Hall–Kier alpha value is -2.04. The maximum Gasteiger partial charge on any atom is 0.328 e. The number of urea groups is 1. The number of carbonyl (C=O) groups is 2. The van der Waals surface area contributed by atoms with Crippen LogP contribution in [0.5, 0.6) is 0 Å². The van der Waals surface area contributed by atoms with E-state index in [-0.39, 0.29) is 12.1 Å².